The first kappa shape index (κ1) is 11.4. The highest BCUT2D eigenvalue weighted by atomic mass is 19.1. The van der Waals surface area contributed by atoms with Crippen LogP contribution in [0.4, 0.5) is 10.1 Å². The summed E-state index contributed by atoms with van der Waals surface area (Å²) < 4.78 is 18.6. The van der Waals surface area contributed by atoms with Crippen molar-refractivity contribution in [2.24, 2.45) is 0 Å². The zero-order chi connectivity index (χ0) is 12.4. The molecule has 1 heterocycles. The molecule has 2 rings (SSSR count). The number of aryl methyl sites for hydroxylation is 1. The standard InChI is InChI=1S/C13H13FN2O/c1-8-3-10(7-16-6-8)9-4-11(14)13(15)12(5-9)17-2/h3-7H,15H2,1-2H3. The number of methoxy groups -OCH3 is 1. The second-order valence-corrected chi connectivity index (χ2v) is 3.82. The van der Waals surface area contributed by atoms with Gasteiger partial charge in [-0.2, -0.15) is 0 Å². The maximum atomic E-state index is 13.6. The Hall–Kier alpha value is -2.10. The lowest BCUT2D eigenvalue weighted by atomic mass is 10.1. The van der Waals surface area contributed by atoms with Gasteiger partial charge >= 0.3 is 0 Å². The van der Waals surface area contributed by atoms with Crippen LogP contribution in [0, 0.1) is 12.7 Å². The van der Waals surface area contributed by atoms with Gasteiger partial charge < -0.3 is 10.5 Å². The van der Waals surface area contributed by atoms with E-state index in [1.165, 1.54) is 13.2 Å². The molecule has 2 N–H and O–H groups in total. The Bertz CT molecular complexity index is 555. The molecule has 0 aliphatic carbocycles. The molecule has 0 amide bonds. The summed E-state index contributed by atoms with van der Waals surface area (Å²) in [7, 11) is 1.46. The van der Waals surface area contributed by atoms with Crippen molar-refractivity contribution in [2.75, 3.05) is 12.8 Å². The molecule has 0 atom stereocenters. The third kappa shape index (κ3) is 2.20. The summed E-state index contributed by atoms with van der Waals surface area (Å²) in [6.07, 6.45) is 3.42. The summed E-state index contributed by atoms with van der Waals surface area (Å²) in [5.74, 6) is -0.151. The van der Waals surface area contributed by atoms with Crippen molar-refractivity contribution in [2.45, 2.75) is 6.92 Å². The van der Waals surface area contributed by atoms with Crippen molar-refractivity contribution in [1.82, 2.24) is 4.98 Å². The molecule has 0 bridgehead atoms. The number of nitrogens with zero attached hydrogens (tertiary/aromatic N) is 1. The van der Waals surface area contributed by atoms with Gasteiger partial charge in [0.05, 0.1) is 7.11 Å². The molecule has 0 spiro atoms. The summed E-state index contributed by atoms with van der Waals surface area (Å²) in [5, 5.41) is 0. The smallest absolute Gasteiger partial charge is 0.150 e. The van der Waals surface area contributed by atoms with Crippen LogP contribution in [0.15, 0.2) is 30.6 Å². The third-order valence-corrected chi connectivity index (χ3v) is 2.52. The molecule has 0 aliphatic rings. The Morgan fingerprint density at radius 2 is 1.94 bits per heavy atom. The molecule has 88 valence electrons. The molecular formula is C13H13FN2O. The lowest BCUT2D eigenvalue weighted by Crippen LogP contribution is -1.97. The number of rotatable bonds is 2. The molecule has 0 fully saturated rings. The Morgan fingerprint density at radius 1 is 1.18 bits per heavy atom. The van der Waals surface area contributed by atoms with E-state index in [2.05, 4.69) is 4.98 Å². The highest BCUT2D eigenvalue weighted by molar-refractivity contribution is 5.70. The zero-order valence-corrected chi connectivity index (χ0v) is 9.70. The second kappa shape index (κ2) is 4.41. The minimum absolute atomic E-state index is 0.0249. The monoisotopic (exact) mass is 232 g/mol. The Balaban J connectivity index is 2.56. The number of hydrogen-bond acceptors (Lipinski definition) is 3. The van der Waals surface area contributed by atoms with Gasteiger partial charge in [-0.15, -0.1) is 0 Å². The van der Waals surface area contributed by atoms with Crippen molar-refractivity contribution < 1.29 is 9.13 Å². The predicted octanol–water partition coefficient (Wildman–Crippen LogP) is 2.79. The molecular weight excluding hydrogens is 219 g/mol. The molecule has 2 aromatic rings. The van der Waals surface area contributed by atoms with Crippen LogP contribution >= 0.6 is 0 Å². The fourth-order valence-electron chi connectivity index (χ4n) is 1.64. The second-order valence-electron chi connectivity index (χ2n) is 3.82. The number of halogens is 1. The predicted molar refractivity (Wildman–Crippen MR) is 65.3 cm³/mol. The minimum atomic E-state index is -0.485. The lowest BCUT2D eigenvalue weighted by molar-refractivity contribution is 0.414. The molecule has 1 aromatic carbocycles. The van der Waals surface area contributed by atoms with E-state index in [4.69, 9.17) is 10.5 Å². The fourth-order valence-corrected chi connectivity index (χ4v) is 1.64. The van der Waals surface area contributed by atoms with Crippen LogP contribution in [-0.2, 0) is 0 Å². The molecule has 0 radical (unpaired) electrons. The Morgan fingerprint density at radius 3 is 2.59 bits per heavy atom. The topological polar surface area (TPSA) is 48.1 Å². The van der Waals surface area contributed by atoms with E-state index < -0.39 is 5.82 Å². The van der Waals surface area contributed by atoms with Gasteiger partial charge in [0.15, 0.2) is 5.82 Å². The van der Waals surface area contributed by atoms with E-state index in [0.717, 1.165) is 11.1 Å². The number of pyridine rings is 1. The summed E-state index contributed by atoms with van der Waals surface area (Å²) in [6, 6.07) is 5.01. The van der Waals surface area contributed by atoms with Crippen LogP contribution in [0.2, 0.25) is 0 Å². The first-order valence-corrected chi connectivity index (χ1v) is 5.17. The minimum Gasteiger partial charge on any atom is -0.494 e. The van der Waals surface area contributed by atoms with E-state index in [-0.39, 0.29) is 5.69 Å². The molecule has 0 saturated heterocycles. The summed E-state index contributed by atoms with van der Waals surface area (Å²) >= 11 is 0. The van der Waals surface area contributed by atoms with Crippen molar-refractivity contribution in [3.05, 3.63) is 42.0 Å². The van der Waals surface area contributed by atoms with Crippen LogP contribution in [0.1, 0.15) is 5.56 Å². The third-order valence-electron chi connectivity index (χ3n) is 2.52. The van der Waals surface area contributed by atoms with Gasteiger partial charge in [-0.05, 0) is 36.2 Å². The number of anilines is 1. The number of aromatic nitrogens is 1. The molecule has 0 aliphatic heterocycles. The quantitative estimate of drug-likeness (QED) is 0.810. The molecule has 3 nitrogen and oxygen atoms in total. The van der Waals surface area contributed by atoms with Crippen molar-refractivity contribution in [1.29, 1.82) is 0 Å². The highest BCUT2D eigenvalue weighted by Crippen LogP contribution is 2.31. The van der Waals surface area contributed by atoms with Crippen LogP contribution in [0.3, 0.4) is 0 Å². The normalized spacial score (nSPS) is 10.3. The fraction of sp³-hybridized carbons (Fsp3) is 0.154. The largest absolute Gasteiger partial charge is 0.494 e. The van der Waals surface area contributed by atoms with Crippen LogP contribution in [-0.4, -0.2) is 12.1 Å². The summed E-state index contributed by atoms with van der Waals surface area (Å²) in [4.78, 5) is 4.07. The van der Waals surface area contributed by atoms with Gasteiger partial charge in [-0.3, -0.25) is 4.98 Å². The average molecular weight is 232 g/mol. The highest BCUT2D eigenvalue weighted by Gasteiger charge is 2.09. The maximum Gasteiger partial charge on any atom is 0.150 e. The molecule has 0 unspecified atom stereocenters. The first-order chi connectivity index (χ1) is 8.11. The van der Waals surface area contributed by atoms with E-state index >= 15 is 0 Å². The summed E-state index contributed by atoms with van der Waals surface area (Å²) in [5.41, 5.74) is 8.13. The van der Waals surface area contributed by atoms with Gasteiger partial charge in [0.25, 0.3) is 0 Å². The number of ether oxygens (including phenoxy) is 1. The molecule has 17 heavy (non-hydrogen) atoms. The van der Waals surface area contributed by atoms with Crippen molar-refractivity contribution in [3.8, 4) is 16.9 Å². The van der Waals surface area contributed by atoms with Gasteiger partial charge in [0, 0.05) is 18.0 Å². The van der Waals surface area contributed by atoms with E-state index in [9.17, 15) is 4.39 Å². The van der Waals surface area contributed by atoms with Crippen molar-refractivity contribution in [3.63, 3.8) is 0 Å². The Kier molecular flexibility index (Phi) is 2.95. The number of benzene rings is 1. The van der Waals surface area contributed by atoms with E-state index in [0.29, 0.717) is 11.3 Å². The molecule has 0 saturated carbocycles. The number of hydrogen-bond donors (Lipinski definition) is 1. The first-order valence-electron chi connectivity index (χ1n) is 5.17. The van der Waals surface area contributed by atoms with Crippen molar-refractivity contribution >= 4 is 5.69 Å². The lowest BCUT2D eigenvalue weighted by Gasteiger charge is -2.09. The SMILES string of the molecule is COc1cc(-c2cncc(C)c2)cc(F)c1N. The van der Waals surface area contributed by atoms with Crippen LogP contribution < -0.4 is 10.5 Å². The van der Waals surface area contributed by atoms with Gasteiger partial charge in [0.2, 0.25) is 0 Å². The van der Waals surface area contributed by atoms with Crippen LogP contribution in [0.5, 0.6) is 5.75 Å². The zero-order valence-electron chi connectivity index (χ0n) is 9.70. The maximum absolute atomic E-state index is 13.6. The number of nitrogen functional groups attached to an aromatic ring is 1. The van der Waals surface area contributed by atoms with Crippen LogP contribution in [0.25, 0.3) is 11.1 Å². The number of nitrogens with two attached hydrogens (primary N) is 1. The average Bonchev–Trinajstić information content (AvgIpc) is 2.32. The molecule has 4 heteroatoms. The van der Waals surface area contributed by atoms with Gasteiger partial charge in [0.1, 0.15) is 11.4 Å². The van der Waals surface area contributed by atoms with Gasteiger partial charge in [-0.25, -0.2) is 4.39 Å². The Labute approximate surface area is 99.1 Å². The van der Waals surface area contributed by atoms with E-state index in [1.54, 1.807) is 18.5 Å². The molecule has 1 aromatic heterocycles. The summed E-state index contributed by atoms with van der Waals surface area (Å²) in [6.45, 7) is 1.93. The van der Waals surface area contributed by atoms with E-state index in [1.807, 2.05) is 13.0 Å². The van der Waals surface area contributed by atoms with Gasteiger partial charge in [-0.1, -0.05) is 0 Å².